The predicted octanol–water partition coefficient (Wildman–Crippen LogP) is 2.63. The van der Waals surface area contributed by atoms with Crippen LogP contribution in [0.3, 0.4) is 0 Å². The van der Waals surface area contributed by atoms with Crippen molar-refractivity contribution in [3.05, 3.63) is 33.8 Å². The summed E-state index contributed by atoms with van der Waals surface area (Å²) in [5, 5.41) is 10.5. The van der Waals surface area contributed by atoms with Crippen LogP contribution >= 0.6 is 11.3 Å². The van der Waals surface area contributed by atoms with Crippen LogP contribution in [0.1, 0.15) is 21.7 Å². The monoisotopic (exact) mass is 247 g/mol. The summed E-state index contributed by atoms with van der Waals surface area (Å²) < 4.78 is 0. The maximum atomic E-state index is 5.53. The maximum absolute atomic E-state index is 5.53. The number of aromatic nitrogens is 2. The lowest BCUT2D eigenvalue weighted by atomic mass is 10.0. The molecule has 1 aromatic carbocycles. The van der Waals surface area contributed by atoms with Gasteiger partial charge in [0.15, 0.2) is 0 Å². The van der Waals surface area contributed by atoms with Crippen LogP contribution < -0.4 is 5.73 Å². The lowest BCUT2D eigenvalue weighted by Gasteiger charge is -2.07. The average molecular weight is 247 g/mol. The highest BCUT2D eigenvalue weighted by Crippen LogP contribution is 2.30. The minimum atomic E-state index is 0.625. The van der Waals surface area contributed by atoms with Crippen LogP contribution in [0.5, 0.6) is 0 Å². The first-order chi connectivity index (χ1) is 8.11. The third kappa shape index (κ3) is 2.53. The third-order valence-corrected chi connectivity index (χ3v) is 3.72. The molecule has 1 heterocycles. The van der Waals surface area contributed by atoms with Gasteiger partial charge < -0.3 is 5.73 Å². The minimum absolute atomic E-state index is 0.625. The summed E-state index contributed by atoms with van der Waals surface area (Å²) in [5.74, 6) is 0. The van der Waals surface area contributed by atoms with Crippen molar-refractivity contribution in [3.8, 4) is 10.6 Å². The normalized spacial score (nSPS) is 10.8. The lowest BCUT2D eigenvalue weighted by molar-refractivity contribution is 0.913. The first kappa shape index (κ1) is 12.2. The Morgan fingerprint density at radius 2 is 1.76 bits per heavy atom. The maximum Gasteiger partial charge on any atom is 0.148 e. The SMILES string of the molecule is Cc1cc(C)c(-c2nnc(CCN)s2)c(C)c1. The molecule has 2 N–H and O–H groups in total. The summed E-state index contributed by atoms with van der Waals surface area (Å²) in [4.78, 5) is 0. The molecule has 0 atom stereocenters. The van der Waals surface area contributed by atoms with Gasteiger partial charge in [-0.3, -0.25) is 0 Å². The predicted molar refractivity (Wildman–Crippen MR) is 72.3 cm³/mol. The van der Waals surface area contributed by atoms with Crippen LogP contribution in [0, 0.1) is 20.8 Å². The lowest BCUT2D eigenvalue weighted by Crippen LogP contribution is -2.01. The molecular weight excluding hydrogens is 230 g/mol. The molecule has 0 bridgehead atoms. The Bertz CT molecular complexity index is 508. The van der Waals surface area contributed by atoms with E-state index in [-0.39, 0.29) is 0 Å². The van der Waals surface area contributed by atoms with E-state index >= 15 is 0 Å². The number of rotatable bonds is 3. The quantitative estimate of drug-likeness (QED) is 0.907. The smallest absolute Gasteiger partial charge is 0.148 e. The zero-order valence-electron chi connectivity index (χ0n) is 10.4. The molecule has 0 radical (unpaired) electrons. The van der Waals surface area contributed by atoms with Crippen molar-refractivity contribution in [3.63, 3.8) is 0 Å². The summed E-state index contributed by atoms with van der Waals surface area (Å²) in [7, 11) is 0. The van der Waals surface area contributed by atoms with Crippen LogP contribution in [0.25, 0.3) is 10.6 Å². The molecule has 90 valence electrons. The van der Waals surface area contributed by atoms with Gasteiger partial charge in [0.25, 0.3) is 0 Å². The Morgan fingerprint density at radius 1 is 1.12 bits per heavy atom. The van der Waals surface area contributed by atoms with Crippen LogP contribution in [0.15, 0.2) is 12.1 Å². The summed E-state index contributed by atoms with van der Waals surface area (Å²) >= 11 is 1.64. The summed E-state index contributed by atoms with van der Waals surface area (Å²) in [6.45, 7) is 6.99. The molecule has 0 aliphatic rings. The van der Waals surface area contributed by atoms with Crippen molar-refractivity contribution < 1.29 is 0 Å². The molecule has 0 aliphatic heterocycles. The summed E-state index contributed by atoms with van der Waals surface area (Å²) in [6.07, 6.45) is 0.807. The van der Waals surface area contributed by atoms with Crippen molar-refractivity contribution in [2.24, 2.45) is 5.73 Å². The molecule has 0 unspecified atom stereocenters. The second-order valence-corrected chi connectivity index (χ2v) is 5.38. The Kier molecular flexibility index (Phi) is 3.54. The Labute approximate surface area is 106 Å². The first-order valence-corrected chi connectivity index (χ1v) is 6.54. The van der Waals surface area contributed by atoms with Gasteiger partial charge in [-0.15, -0.1) is 10.2 Å². The van der Waals surface area contributed by atoms with Crippen molar-refractivity contribution in [1.82, 2.24) is 10.2 Å². The zero-order valence-corrected chi connectivity index (χ0v) is 11.3. The number of benzene rings is 1. The van der Waals surface area contributed by atoms with E-state index in [0.717, 1.165) is 16.4 Å². The number of hydrogen-bond donors (Lipinski definition) is 1. The van der Waals surface area contributed by atoms with Crippen molar-refractivity contribution in [2.45, 2.75) is 27.2 Å². The fraction of sp³-hybridized carbons (Fsp3) is 0.385. The second kappa shape index (κ2) is 4.94. The van der Waals surface area contributed by atoms with E-state index in [9.17, 15) is 0 Å². The summed E-state index contributed by atoms with van der Waals surface area (Å²) in [6, 6.07) is 4.37. The standard InChI is InChI=1S/C13H17N3S/c1-8-6-9(2)12(10(3)7-8)13-16-15-11(17-13)4-5-14/h6-7H,4-5,14H2,1-3H3. The topological polar surface area (TPSA) is 51.8 Å². The van der Waals surface area contributed by atoms with Gasteiger partial charge in [-0.05, 0) is 38.4 Å². The Hall–Kier alpha value is -1.26. The molecule has 4 heteroatoms. The van der Waals surface area contributed by atoms with Gasteiger partial charge >= 0.3 is 0 Å². The molecule has 17 heavy (non-hydrogen) atoms. The van der Waals surface area contributed by atoms with Gasteiger partial charge in [-0.25, -0.2) is 0 Å². The van der Waals surface area contributed by atoms with Gasteiger partial charge in [-0.1, -0.05) is 29.0 Å². The van der Waals surface area contributed by atoms with E-state index in [0.29, 0.717) is 6.54 Å². The van der Waals surface area contributed by atoms with E-state index in [2.05, 4.69) is 43.1 Å². The highest BCUT2D eigenvalue weighted by molar-refractivity contribution is 7.14. The number of hydrogen-bond acceptors (Lipinski definition) is 4. The molecule has 0 spiro atoms. The van der Waals surface area contributed by atoms with Crippen LogP contribution in [0.4, 0.5) is 0 Å². The Morgan fingerprint density at radius 3 is 2.35 bits per heavy atom. The van der Waals surface area contributed by atoms with Crippen molar-refractivity contribution in [1.29, 1.82) is 0 Å². The van der Waals surface area contributed by atoms with Crippen LogP contribution in [-0.2, 0) is 6.42 Å². The fourth-order valence-corrected chi connectivity index (χ4v) is 3.13. The number of nitrogens with zero attached hydrogens (tertiary/aromatic N) is 2. The van der Waals surface area contributed by atoms with Gasteiger partial charge in [-0.2, -0.15) is 0 Å². The van der Waals surface area contributed by atoms with Gasteiger partial charge in [0, 0.05) is 12.0 Å². The van der Waals surface area contributed by atoms with Crippen LogP contribution in [-0.4, -0.2) is 16.7 Å². The number of nitrogens with two attached hydrogens (primary N) is 1. The van der Waals surface area contributed by atoms with E-state index in [1.807, 2.05) is 0 Å². The highest BCUT2D eigenvalue weighted by Gasteiger charge is 2.11. The molecule has 0 saturated carbocycles. The van der Waals surface area contributed by atoms with E-state index in [4.69, 9.17) is 5.73 Å². The molecule has 0 amide bonds. The highest BCUT2D eigenvalue weighted by atomic mass is 32.1. The zero-order chi connectivity index (χ0) is 12.4. The van der Waals surface area contributed by atoms with E-state index < -0.39 is 0 Å². The van der Waals surface area contributed by atoms with Gasteiger partial charge in [0.2, 0.25) is 0 Å². The van der Waals surface area contributed by atoms with E-state index in [1.165, 1.54) is 22.3 Å². The molecule has 0 aliphatic carbocycles. The molecule has 3 nitrogen and oxygen atoms in total. The van der Waals surface area contributed by atoms with Crippen molar-refractivity contribution in [2.75, 3.05) is 6.54 Å². The largest absolute Gasteiger partial charge is 0.330 e. The fourth-order valence-electron chi connectivity index (χ4n) is 2.10. The third-order valence-electron chi connectivity index (χ3n) is 2.72. The molecule has 1 aromatic heterocycles. The van der Waals surface area contributed by atoms with Gasteiger partial charge in [0.1, 0.15) is 10.0 Å². The van der Waals surface area contributed by atoms with Gasteiger partial charge in [0.05, 0.1) is 0 Å². The van der Waals surface area contributed by atoms with Crippen molar-refractivity contribution >= 4 is 11.3 Å². The Balaban J connectivity index is 2.45. The molecular formula is C13H17N3S. The molecule has 0 saturated heterocycles. The minimum Gasteiger partial charge on any atom is -0.330 e. The molecule has 0 fully saturated rings. The number of aryl methyl sites for hydroxylation is 3. The molecule has 2 rings (SSSR count). The molecule has 2 aromatic rings. The summed E-state index contributed by atoms with van der Waals surface area (Å²) in [5.41, 5.74) is 10.6. The average Bonchev–Trinajstić information content (AvgIpc) is 2.65. The first-order valence-electron chi connectivity index (χ1n) is 5.72. The second-order valence-electron chi connectivity index (χ2n) is 4.31. The van der Waals surface area contributed by atoms with E-state index in [1.54, 1.807) is 11.3 Å². The van der Waals surface area contributed by atoms with Crippen LogP contribution in [0.2, 0.25) is 0 Å².